The summed E-state index contributed by atoms with van der Waals surface area (Å²) < 4.78 is 6.13. The van der Waals surface area contributed by atoms with Gasteiger partial charge >= 0.3 is 5.97 Å². The van der Waals surface area contributed by atoms with Crippen molar-refractivity contribution in [1.29, 1.82) is 5.41 Å². The van der Waals surface area contributed by atoms with Crippen LogP contribution in [0.5, 0.6) is 0 Å². The number of nitrogens with one attached hydrogen (secondary N) is 2. The van der Waals surface area contributed by atoms with Crippen molar-refractivity contribution < 1.29 is 9.53 Å². The SMILES string of the molecule is CCOC(=O)CC(c1nc2ccccc2[nH]1)c1nc2cc(C(=N)N)ccc2s1. The number of aromatic amines is 1. The number of hydrogen-bond donors (Lipinski definition) is 3. The molecule has 8 heteroatoms. The standard InChI is InChI=1S/C20H19N5O2S/c1-2-27-17(26)10-12(19-23-13-5-3-4-6-14(13)24-19)20-25-15-9-11(18(21)22)7-8-16(15)28-20/h3-9,12H,2,10H2,1H3,(H3,21,22)(H,23,24). The zero-order valence-corrected chi connectivity index (χ0v) is 16.0. The summed E-state index contributed by atoms with van der Waals surface area (Å²) >= 11 is 1.50. The van der Waals surface area contributed by atoms with Gasteiger partial charge in [0.15, 0.2) is 0 Å². The van der Waals surface area contributed by atoms with E-state index in [9.17, 15) is 4.79 Å². The summed E-state index contributed by atoms with van der Waals surface area (Å²) in [4.78, 5) is 24.9. The maximum Gasteiger partial charge on any atom is 0.306 e. The van der Waals surface area contributed by atoms with Gasteiger partial charge in [-0.25, -0.2) is 9.97 Å². The summed E-state index contributed by atoms with van der Waals surface area (Å²) in [7, 11) is 0. The first-order valence-corrected chi connectivity index (χ1v) is 9.72. The normalized spacial score (nSPS) is 12.3. The molecule has 2 aromatic heterocycles. The van der Waals surface area contributed by atoms with Gasteiger partial charge in [0.25, 0.3) is 0 Å². The molecule has 7 nitrogen and oxygen atoms in total. The lowest BCUT2D eigenvalue weighted by molar-refractivity contribution is -0.143. The van der Waals surface area contributed by atoms with Crippen LogP contribution in [0.4, 0.5) is 0 Å². The summed E-state index contributed by atoms with van der Waals surface area (Å²) in [6, 6.07) is 13.2. The fourth-order valence-electron chi connectivity index (χ4n) is 3.09. The molecule has 4 N–H and O–H groups in total. The molecular weight excluding hydrogens is 374 g/mol. The second-order valence-electron chi connectivity index (χ2n) is 6.35. The van der Waals surface area contributed by atoms with Crippen LogP contribution in [0.25, 0.3) is 21.3 Å². The van der Waals surface area contributed by atoms with Gasteiger partial charge in [-0.05, 0) is 37.3 Å². The number of para-hydroxylation sites is 2. The molecule has 4 rings (SSSR count). The number of esters is 1. The molecule has 0 radical (unpaired) electrons. The number of amidine groups is 1. The topological polar surface area (TPSA) is 118 Å². The molecule has 28 heavy (non-hydrogen) atoms. The fraction of sp³-hybridized carbons (Fsp3) is 0.200. The van der Waals surface area contributed by atoms with Crippen molar-refractivity contribution in [3.05, 3.63) is 58.9 Å². The van der Waals surface area contributed by atoms with Crippen LogP contribution < -0.4 is 5.73 Å². The Morgan fingerprint density at radius 2 is 2.07 bits per heavy atom. The number of benzene rings is 2. The van der Waals surface area contributed by atoms with Crippen molar-refractivity contribution in [3.63, 3.8) is 0 Å². The minimum atomic E-state index is -0.343. The Hall–Kier alpha value is -3.26. The van der Waals surface area contributed by atoms with Crippen LogP contribution in [-0.4, -0.2) is 33.4 Å². The van der Waals surface area contributed by atoms with E-state index in [4.69, 9.17) is 20.9 Å². The van der Waals surface area contributed by atoms with Crippen molar-refractivity contribution in [2.45, 2.75) is 19.3 Å². The molecule has 2 heterocycles. The van der Waals surface area contributed by atoms with E-state index in [1.165, 1.54) is 11.3 Å². The number of imidazole rings is 1. The van der Waals surface area contributed by atoms with E-state index in [-0.39, 0.29) is 24.1 Å². The van der Waals surface area contributed by atoms with E-state index in [0.29, 0.717) is 18.0 Å². The maximum absolute atomic E-state index is 12.2. The molecule has 1 unspecified atom stereocenters. The Bertz CT molecular complexity index is 1150. The molecule has 0 aliphatic heterocycles. The molecule has 142 valence electrons. The molecule has 0 amide bonds. The van der Waals surface area contributed by atoms with Crippen LogP contribution in [-0.2, 0) is 9.53 Å². The summed E-state index contributed by atoms with van der Waals surface area (Å²) in [5.41, 5.74) is 8.70. The van der Waals surface area contributed by atoms with Gasteiger partial charge in [-0.3, -0.25) is 10.2 Å². The van der Waals surface area contributed by atoms with Gasteiger partial charge in [-0.15, -0.1) is 11.3 Å². The van der Waals surface area contributed by atoms with Gasteiger partial charge in [0.2, 0.25) is 0 Å². The number of nitrogens with zero attached hydrogens (tertiary/aromatic N) is 2. The van der Waals surface area contributed by atoms with Crippen molar-refractivity contribution >= 4 is 44.4 Å². The first-order valence-electron chi connectivity index (χ1n) is 8.90. The number of thiazole rings is 1. The molecule has 0 aliphatic rings. The lowest BCUT2D eigenvalue weighted by Crippen LogP contribution is -2.12. The maximum atomic E-state index is 12.2. The van der Waals surface area contributed by atoms with Crippen molar-refractivity contribution in [3.8, 4) is 0 Å². The zero-order chi connectivity index (χ0) is 19.7. The number of aromatic nitrogens is 3. The molecule has 0 saturated heterocycles. The third kappa shape index (κ3) is 3.46. The summed E-state index contributed by atoms with van der Waals surface area (Å²) in [6.45, 7) is 2.11. The highest BCUT2D eigenvalue weighted by atomic mass is 32.1. The Morgan fingerprint density at radius 3 is 2.82 bits per heavy atom. The van der Waals surface area contributed by atoms with Gasteiger partial charge < -0.3 is 15.5 Å². The van der Waals surface area contributed by atoms with Gasteiger partial charge in [-0.2, -0.15) is 0 Å². The number of H-pyrrole nitrogens is 1. The molecule has 0 fully saturated rings. The largest absolute Gasteiger partial charge is 0.466 e. The smallest absolute Gasteiger partial charge is 0.306 e. The number of carbonyl (C=O) groups is 1. The van der Waals surface area contributed by atoms with Crippen molar-refractivity contribution in [1.82, 2.24) is 15.0 Å². The van der Waals surface area contributed by atoms with Crippen LogP contribution >= 0.6 is 11.3 Å². The first kappa shape index (κ1) is 18.1. The van der Waals surface area contributed by atoms with Crippen LogP contribution in [0.2, 0.25) is 0 Å². The van der Waals surface area contributed by atoms with E-state index < -0.39 is 0 Å². The predicted molar refractivity (Wildman–Crippen MR) is 110 cm³/mol. The molecule has 0 saturated carbocycles. The second-order valence-corrected chi connectivity index (χ2v) is 7.41. The van der Waals surface area contributed by atoms with Gasteiger partial charge in [0.1, 0.15) is 16.7 Å². The van der Waals surface area contributed by atoms with E-state index in [1.807, 2.05) is 30.3 Å². The number of nitrogen functional groups attached to an aromatic ring is 1. The van der Waals surface area contributed by atoms with Gasteiger partial charge in [0, 0.05) is 5.56 Å². The van der Waals surface area contributed by atoms with E-state index in [2.05, 4.69) is 9.97 Å². The highest BCUT2D eigenvalue weighted by Gasteiger charge is 2.26. The Balaban J connectivity index is 1.79. The lowest BCUT2D eigenvalue weighted by atomic mass is 10.1. The number of carbonyl (C=O) groups excluding carboxylic acids is 1. The summed E-state index contributed by atoms with van der Waals surface area (Å²) in [6.07, 6.45) is 0.146. The molecule has 1 atom stereocenters. The van der Waals surface area contributed by atoms with Crippen LogP contribution in [0.15, 0.2) is 42.5 Å². The number of nitrogens with two attached hydrogens (primary N) is 1. The number of fused-ring (bicyclic) bond motifs is 2. The average molecular weight is 393 g/mol. The molecule has 4 aromatic rings. The van der Waals surface area contributed by atoms with E-state index in [0.717, 1.165) is 26.3 Å². The monoisotopic (exact) mass is 393 g/mol. The molecule has 0 spiro atoms. The number of rotatable bonds is 6. The second kappa shape index (κ2) is 7.40. The third-order valence-electron chi connectivity index (χ3n) is 4.43. The molecule has 0 aliphatic carbocycles. The molecule has 2 aromatic carbocycles. The lowest BCUT2D eigenvalue weighted by Gasteiger charge is -2.11. The predicted octanol–water partition coefficient (Wildman–Crippen LogP) is 3.54. The van der Waals surface area contributed by atoms with E-state index >= 15 is 0 Å². The highest BCUT2D eigenvalue weighted by Crippen LogP contribution is 2.34. The van der Waals surface area contributed by atoms with Gasteiger partial charge in [0.05, 0.1) is 40.2 Å². The highest BCUT2D eigenvalue weighted by molar-refractivity contribution is 7.18. The third-order valence-corrected chi connectivity index (χ3v) is 5.58. The fourth-order valence-corrected chi connectivity index (χ4v) is 4.14. The van der Waals surface area contributed by atoms with Crippen molar-refractivity contribution in [2.75, 3.05) is 6.61 Å². The minimum Gasteiger partial charge on any atom is -0.466 e. The van der Waals surface area contributed by atoms with Gasteiger partial charge in [-0.1, -0.05) is 12.1 Å². The number of hydrogen-bond acceptors (Lipinski definition) is 6. The Morgan fingerprint density at radius 1 is 1.25 bits per heavy atom. The Kier molecular flexibility index (Phi) is 4.79. The van der Waals surface area contributed by atoms with Crippen LogP contribution in [0, 0.1) is 5.41 Å². The average Bonchev–Trinajstić information content (AvgIpc) is 3.29. The first-order chi connectivity index (χ1) is 13.5. The summed E-state index contributed by atoms with van der Waals surface area (Å²) in [5, 5.41) is 8.38. The molecular formula is C20H19N5O2S. The number of ether oxygens (including phenoxy) is 1. The Labute approximate surface area is 165 Å². The van der Waals surface area contributed by atoms with Crippen molar-refractivity contribution in [2.24, 2.45) is 5.73 Å². The molecule has 0 bridgehead atoms. The van der Waals surface area contributed by atoms with Crippen LogP contribution in [0.3, 0.4) is 0 Å². The summed E-state index contributed by atoms with van der Waals surface area (Å²) in [5.74, 6) is 0.0400. The zero-order valence-electron chi connectivity index (χ0n) is 15.2. The quantitative estimate of drug-likeness (QED) is 0.263. The van der Waals surface area contributed by atoms with E-state index in [1.54, 1.807) is 19.1 Å². The van der Waals surface area contributed by atoms with Crippen LogP contribution in [0.1, 0.15) is 35.7 Å². The minimum absolute atomic E-state index is 0.00296.